The Morgan fingerprint density at radius 3 is 0.969 bits per heavy atom. The Bertz CT molecular complexity index is 1360. The Labute approximate surface area is 400 Å². The van der Waals surface area contributed by atoms with E-state index in [-0.39, 0.29) is 37.5 Å². The van der Waals surface area contributed by atoms with Crippen molar-refractivity contribution in [2.75, 3.05) is 13.2 Å². The van der Waals surface area contributed by atoms with E-state index in [0.717, 1.165) is 128 Å². The van der Waals surface area contributed by atoms with Crippen molar-refractivity contribution in [3.63, 3.8) is 0 Å². The molecule has 6 heteroatoms. The van der Waals surface area contributed by atoms with E-state index in [9.17, 15) is 14.4 Å². The fourth-order valence-electron chi connectivity index (χ4n) is 6.83. The molecule has 1 unspecified atom stereocenters. The largest absolute Gasteiger partial charge is 0.462 e. The lowest BCUT2D eigenvalue weighted by atomic mass is 10.1. The number of unbranched alkanes of at least 4 members (excludes halogenated alkanes) is 17. The molecule has 0 saturated carbocycles. The molecule has 0 N–H and O–H groups in total. The molecular formula is C59H96O6. The van der Waals surface area contributed by atoms with Crippen molar-refractivity contribution in [2.45, 2.75) is 232 Å². The summed E-state index contributed by atoms with van der Waals surface area (Å²) in [6.45, 7) is 6.32. The van der Waals surface area contributed by atoms with Crippen LogP contribution in [0.5, 0.6) is 0 Å². The van der Waals surface area contributed by atoms with Crippen LogP contribution in [-0.4, -0.2) is 37.2 Å². The van der Waals surface area contributed by atoms with Crippen LogP contribution in [0.3, 0.4) is 0 Å². The molecule has 65 heavy (non-hydrogen) atoms. The second-order valence-electron chi connectivity index (χ2n) is 17.0. The summed E-state index contributed by atoms with van der Waals surface area (Å²) < 4.78 is 16.8. The van der Waals surface area contributed by atoms with E-state index in [4.69, 9.17) is 14.2 Å². The van der Waals surface area contributed by atoms with E-state index in [1.165, 1.54) is 51.4 Å². The Kier molecular flexibility index (Phi) is 49.5. The predicted molar refractivity (Wildman–Crippen MR) is 279 cm³/mol. The Morgan fingerprint density at radius 2 is 0.600 bits per heavy atom. The number of hydrogen-bond acceptors (Lipinski definition) is 6. The first-order valence-electron chi connectivity index (χ1n) is 26.4. The van der Waals surface area contributed by atoms with Gasteiger partial charge in [-0.2, -0.15) is 0 Å². The first-order valence-corrected chi connectivity index (χ1v) is 26.4. The number of ether oxygens (including phenoxy) is 3. The second-order valence-corrected chi connectivity index (χ2v) is 17.0. The molecule has 0 radical (unpaired) electrons. The third kappa shape index (κ3) is 50.9. The van der Waals surface area contributed by atoms with Crippen molar-refractivity contribution in [3.05, 3.63) is 109 Å². The van der Waals surface area contributed by atoms with Gasteiger partial charge in [-0.15, -0.1) is 0 Å². The maximum absolute atomic E-state index is 12.8. The molecule has 0 fully saturated rings. The number of esters is 3. The summed E-state index contributed by atoms with van der Waals surface area (Å²) >= 11 is 0. The fraction of sp³-hybridized carbons (Fsp3) is 0.644. The maximum Gasteiger partial charge on any atom is 0.306 e. The van der Waals surface area contributed by atoms with Crippen LogP contribution in [0.25, 0.3) is 0 Å². The summed E-state index contributed by atoms with van der Waals surface area (Å²) in [4.78, 5) is 38.0. The molecule has 0 heterocycles. The van der Waals surface area contributed by atoms with Gasteiger partial charge >= 0.3 is 17.9 Å². The zero-order chi connectivity index (χ0) is 47.2. The highest BCUT2D eigenvalue weighted by atomic mass is 16.6. The van der Waals surface area contributed by atoms with Crippen LogP contribution in [-0.2, 0) is 28.6 Å². The first-order chi connectivity index (χ1) is 32.0. The third-order valence-electron chi connectivity index (χ3n) is 10.7. The van der Waals surface area contributed by atoms with E-state index < -0.39 is 6.10 Å². The average Bonchev–Trinajstić information content (AvgIpc) is 3.30. The topological polar surface area (TPSA) is 78.9 Å². The van der Waals surface area contributed by atoms with Gasteiger partial charge in [0.1, 0.15) is 13.2 Å². The second kappa shape index (κ2) is 52.7. The molecule has 0 aromatic rings. The highest BCUT2D eigenvalue weighted by Gasteiger charge is 2.19. The number of rotatable bonds is 46. The number of carbonyl (C=O) groups is 3. The standard InChI is InChI=1S/C59H96O6/c1-4-7-10-13-16-19-22-25-28-29-32-34-37-40-43-46-49-52-58(61)64-55-56(65-59(62)53-50-47-44-41-38-35-31-27-24-21-18-15-12-9-6-3)54-63-57(60)51-48-45-42-39-36-33-30-26-23-20-17-14-11-8-5-2/h8-9,11-12,16-21,25-28,30-31,38,41,56H,4-7,10,13-15,22-24,29,32-37,39-40,42-55H2,1-3H3/b11-8-,12-9-,19-16-,20-17-,21-18-,28-25-,30-26-,31-27-,41-38-. The van der Waals surface area contributed by atoms with Crippen LogP contribution in [0, 0.1) is 0 Å². The summed E-state index contributed by atoms with van der Waals surface area (Å²) in [7, 11) is 0. The number of carbonyl (C=O) groups excluding carboxylic acids is 3. The first kappa shape index (κ1) is 61.1. The molecule has 0 spiro atoms. The Hall–Kier alpha value is -3.93. The molecule has 368 valence electrons. The molecular weight excluding hydrogens is 805 g/mol. The molecule has 0 amide bonds. The SMILES string of the molecule is CC/C=C\C/C=C\C/C=C\C/C=C\CCCCC(=O)OC(COC(=O)CCCCCCC/C=C\C/C=C\C/C=C\CC)COC(=O)CCCCCCCCC/C=C\C/C=C\CCCCC. The lowest BCUT2D eigenvalue weighted by Gasteiger charge is -2.18. The van der Waals surface area contributed by atoms with Crippen molar-refractivity contribution in [2.24, 2.45) is 0 Å². The molecule has 1 atom stereocenters. The summed E-state index contributed by atoms with van der Waals surface area (Å²) in [5, 5.41) is 0. The summed E-state index contributed by atoms with van der Waals surface area (Å²) in [6.07, 6.45) is 70.7. The smallest absolute Gasteiger partial charge is 0.306 e. The molecule has 0 aliphatic heterocycles. The van der Waals surface area contributed by atoms with Crippen LogP contribution in [0.1, 0.15) is 226 Å². The third-order valence-corrected chi connectivity index (χ3v) is 10.7. The van der Waals surface area contributed by atoms with Gasteiger partial charge < -0.3 is 14.2 Å². The van der Waals surface area contributed by atoms with E-state index in [0.29, 0.717) is 19.3 Å². The Morgan fingerprint density at radius 1 is 0.323 bits per heavy atom. The van der Waals surface area contributed by atoms with Crippen molar-refractivity contribution in [3.8, 4) is 0 Å². The molecule has 6 nitrogen and oxygen atoms in total. The van der Waals surface area contributed by atoms with Crippen LogP contribution >= 0.6 is 0 Å². The molecule has 0 saturated heterocycles. The van der Waals surface area contributed by atoms with Crippen LogP contribution in [0.2, 0.25) is 0 Å². The summed E-state index contributed by atoms with van der Waals surface area (Å²) in [5.41, 5.74) is 0. The van der Waals surface area contributed by atoms with E-state index in [1.54, 1.807) is 0 Å². The number of allylic oxidation sites excluding steroid dienone is 18. The van der Waals surface area contributed by atoms with Gasteiger partial charge in [0.25, 0.3) is 0 Å². The lowest BCUT2D eigenvalue weighted by molar-refractivity contribution is -0.167. The fourth-order valence-corrected chi connectivity index (χ4v) is 6.83. The molecule has 0 aromatic heterocycles. The van der Waals surface area contributed by atoms with Crippen molar-refractivity contribution in [1.29, 1.82) is 0 Å². The molecule has 0 bridgehead atoms. The minimum atomic E-state index is -0.812. The van der Waals surface area contributed by atoms with Crippen LogP contribution < -0.4 is 0 Å². The number of hydrogen-bond donors (Lipinski definition) is 0. The molecule has 0 aliphatic rings. The molecule has 0 aromatic carbocycles. The predicted octanol–water partition coefficient (Wildman–Crippen LogP) is 17.5. The zero-order valence-corrected chi connectivity index (χ0v) is 42.0. The van der Waals surface area contributed by atoms with Gasteiger partial charge in [-0.25, -0.2) is 0 Å². The van der Waals surface area contributed by atoms with Gasteiger partial charge in [-0.1, -0.05) is 194 Å². The normalized spacial score (nSPS) is 13.0. The van der Waals surface area contributed by atoms with Gasteiger partial charge in [0.15, 0.2) is 6.10 Å². The molecule has 0 rings (SSSR count). The van der Waals surface area contributed by atoms with Gasteiger partial charge in [0.05, 0.1) is 0 Å². The summed E-state index contributed by atoms with van der Waals surface area (Å²) in [5.74, 6) is -0.978. The molecule has 0 aliphatic carbocycles. The summed E-state index contributed by atoms with van der Waals surface area (Å²) in [6, 6.07) is 0. The van der Waals surface area contributed by atoms with E-state index in [1.807, 2.05) is 0 Å². The highest BCUT2D eigenvalue weighted by molar-refractivity contribution is 5.71. The monoisotopic (exact) mass is 901 g/mol. The van der Waals surface area contributed by atoms with E-state index in [2.05, 4.69) is 130 Å². The van der Waals surface area contributed by atoms with Gasteiger partial charge in [0.2, 0.25) is 0 Å². The zero-order valence-electron chi connectivity index (χ0n) is 42.0. The van der Waals surface area contributed by atoms with Gasteiger partial charge in [0, 0.05) is 19.3 Å². The maximum atomic E-state index is 12.8. The van der Waals surface area contributed by atoms with Crippen LogP contribution in [0.4, 0.5) is 0 Å². The van der Waals surface area contributed by atoms with E-state index >= 15 is 0 Å². The van der Waals surface area contributed by atoms with Crippen molar-refractivity contribution in [1.82, 2.24) is 0 Å². The Balaban J connectivity index is 4.50. The van der Waals surface area contributed by atoms with Gasteiger partial charge in [-0.3, -0.25) is 14.4 Å². The quantitative estimate of drug-likeness (QED) is 0.0262. The minimum Gasteiger partial charge on any atom is -0.462 e. The van der Waals surface area contributed by atoms with Crippen LogP contribution in [0.15, 0.2) is 109 Å². The van der Waals surface area contributed by atoms with Gasteiger partial charge in [-0.05, 0) is 122 Å². The lowest BCUT2D eigenvalue weighted by Crippen LogP contribution is -2.30. The van der Waals surface area contributed by atoms with Crippen molar-refractivity contribution >= 4 is 17.9 Å². The minimum absolute atomic E-state index is 0.107. The van der Waals surface area contributed by atoms with Crippen molar-refractivity contribution < 1.29 is 28.6 Å². The average molecular weight is 901 g/mol. The highest BCUT2D eigenvalue weighted by Crippen LogP contribution is 2.13.